The summed E-state index contributed by atoms with van der Waals surface area (Å²) in [5.74, 6) is -2.28. The van der Waals surface area contributed by atoms with Crippen LogP contribution in [-0.4, -0.2) is 32.2 Å². The number of hydrogen-bond acceptors (Lipinski definition) is 6. The molecule has 1 aliphatic heterocycles. The molecule has 29 heavy (non-hydrogen) atoms. The maximum atomic E-state index is 14.1. The molecule has 0 amide bonds. The van der Waals surface area contributed by atoms with E-state index in [0.717, 1.165) is 6.07 Å². The van der Waals surface area contributed by atoms with Crippen molar-refractivity contribution >= 4 is 23.5 Å². The van der Waals surface area contributed by atoms with Gasteiger partial charge in [-0.1, -0.05) is 0 Å². The molecule has 10 heteroatoms. The van der Waals surface area contributed by atoms with E-state index in [2.05, 4.69) is 30.9 Å². The Morgan fingerprint density at radius 2 is 2.00 bits per heavy atom. The van der Waals surface area contributed by atoms with Gasteiger partial charge in [0, 0.05) is 17.8 Å². The number of nitrogens with zero attached hydrogens (tertiary/aromatic N) is 5. The van der Waals surface area contributed by atoms with Crippen LogP contribution in [-0.2, 0) is 0 Å². The average molecular weight is 401 g/mol. The molecule has 2 N–H and O–H groups in total. The summed E-state index contributed by atoms with van der Waals surface area (Å²) in [5, 5.41) is 11.3. The average Bonchev–Trinajstić information content (AvgIpc) is 3.07. The van der Waals surface area contributed by atoms with Crippen LogP contribution >= 0.6 is 0 Å². The van der Waals surface area contributed by atoms with Gasteiger partial charge in [-0.05, 0) is 32.9 Å². The molecule has 2 aromatic heterocycles. The van der Waals surface area contributed by atoms with Crippen molar-refractivity contribution in [2.75, 3.05) is 5.32 Å². The molecular weight excluding hydrogens is 383 g/mol. The van der Waals surface area contributed by atoms with Crippen LogP contribution < -0.4 is 10.7 Å². The maximum absolute atomic E-state index is 14.1. The van der Waals surface area contributed by atoms with Crippen molar-refractivity contribution in [3.63, 3.8) is 0 Å². The molecule has 3 heterocycles. The lowest BCUT2D eigenvalue weighted by Gasteiger charge is -2.20. The number of anilines is 1. The molecule has 0 unspecified atom stereocenters. The van der Waals surface area contributed by atoms with E-state index in [-0.39, 0.29) is 5.56 Å². The predicted octanol–water partition coefficient (Wildman–Crippen LogP) is 3.43. The molecular formula is C19H18F3N7. The molecule has 0 aliphatic carbocycles. The fourth-order valence-electron chi connectivity index (χ4n) is 3.02. The largest absolute Gasteiger partial charge is 0.363 e. The van der Waals surface area contributed by atoms with Gasteiger partial charge in [-0.15, -0.1) is 0 Å². The Morgan fingerprint density at radius 1 is 1.21 bits per heavy atom. The minimum absolute atomic E-state index is 0.132. The quantitative estimate of drug-likeness (QED) is 0.657. The summed E-state index contributed by atoms with van der Waals surface area (Å²) in [7, 11) is 0. The Balaban J connectivity index is 1.67. The third-order valence-corrected chi connectivity index (χ3v) is 4.43. The van der Waals surface area contributed by atoms with Gasteiger partial charge in [0.2, 0.25) is 0 Å². The molecule has 0 spiro atoms. The number of hydrogen-bond donors (Lipinski definition) is 2. The Hall–Kier alpha value is -3.43. The van der Waals surface area contributed by atoms with E-state index in [9.17, 15) is 13.2 Å². The molecule has 1 aliphatic rings. The van der Waals surface area contributed by atoms with Gasteiger partial charge < -0.3 is 5.32 Å². The zero-order valence-electron chi connectivity index (χ0n) is 15.9. The van der Waals surface area contributed by atoms with Crippen molar-refractivity contribution in [2.45, 2.75) is 32.4 Å². The summed E-state index contributed by atoms with van der Waals surface area (Å²) in [6, 6.07) is 2.37. The Bertz CT molecular complexity index is 1150. The highest BCUT2D eigenvalue weighted by molar-refractivity contribution is 6.05. The first-order chi connectivity index (χ1) is 13.7. The van der Waals surface area contributed by atoms with E-state index < -0.39 is 29.0 Å². The van der Waals surface area contributed by atoms with Crippen LogP contribution in [0.1, 0.15) is 37.9 Å². The fraction of sp³-hybridized carbons (Fsp3) is 0.263. The number of amidine groups is 1. The monoisotopic (exact) mass is 401 g/mol. The van der Waals surface area contributed by atoms with Crippen molar-refractivity contribution in [1.82, 2.24) is 20.0 Å². The molecule has 1 aromatic carbocycles. The molecule has 3 aromatic rings. The zero-order chi connectivity index (χ0) is 20.8. The summed E-state index contributed by atoms with van der Waals surface area (Å²) in [6.45, 7) is 5.42. The highest BCUT2D eigenvalue weighted by Crippen LogP contribution is 2.24. The summed E-state index contributed by atoms with van der Waals surface area (Å²) >= 11 is 0. The summed E-state index contributed by atoms with van der Waals surface area (Å²) < 4.78 is 42.7. The fourth-order valence-corrected chi connectivity index (χ4v) is 3.02. The second-order valence-electron chi connectivity index (χ2n) is 7.28. The Labute approximate surface area is 164 Å². The van der Waals surface area contributed by atoms with Crippen molar-refractivity contribution in [3.8, 4) is 0 Å². The predicted molar refractivity (Wildman–Crippen MR) is 104 cm³/mol. The lowest BCUT2D eigenvalue weighted by atomic mass is 10.1. The SMILES string of the molecule is C[C@@H](Nc1ccn2ncc(C3=NC(C)(C)C=NN3)c2n1)c1cc(F)cc(F)c1F. The second kappa shape index (κ2) is 6.87. The summed E-state index contributed by atoms with van der Waals surface area (Å²) in [6.07, 6.45) is 4.97. The first-order valence-corrected chi connectivity index (χ1v) is 8.89. The standard InChI is InChI=1S/C19H18F3N7/c1-10(12-6-11(20)7-14(21)16(12)22)25-15-4-5-29-18(26-15)13(8-24-29)17-27-19(2,3)9-23-28-17/h4-10H,1-3H3,(H,25,26)(H,27,28)/t10-/m1/s1. The minimum atomic E-state index is -1.24. The number of halogens is 3. The smallest absolute Gasteiger partial charge is 0.168 e. The van der Waals surface area contributed by atoms with Gasteiger partial charge in [0.05, 0.1) is 29.6 Å². The normalized spacial score (nSPS) is 16.4. The molecule has 0 radical (unpaired) electrons. The Kier molecular flexibility index (Phi) is 4.48. The van der Waals surface area contributed by atoms with Gasteiger partial charge in [0.1, 0.15) is 11.6 Å². The van der Waals surface area contributed by atoms with E-state index in [1.807, 2.05) is 13.8 Å². The lowest BCUT2D eigenvalue weighted by molar-refractivity contribution is 0.480. The zero-order valence-corrected chi connectivity index (χ0v) is 15.9. The summed E-state index contributed by atoms with van der Waals surface area (Å²) in [5.41, 5.74) is 3.37. The van der Waals surface area contributed by atoms with E-state index in [0.29, 0.717) is 28.9 Å². The number of aromatic nitrogens is 3. The van der Waals surface area contributed by atoms with Crippen molar-refractivity contribution in [3.05, 3.63) is 59.2 Å². The molecule has 0 bridgehead atoms. The third-order valence-electron chi connectivity index (χ3n) is 4.43. The molecule has 0 saturated carbocycles. The topological polar surface area (TPSA) is 79.0 Å². The van der Waals surface area contributed by atoms with Crippen LogP contribution in [0.25, 0.3) is 5.65 Å². The van der Waals surface area contributed by atoms with Gasteiger partial charge in [0.25, 0.3) is 0 Å². The van der Waals surface area contributed by atoms with Crippen molar-refractivity contribution in [1.29, 1.82) is 0 Å². The van der Waals surface area contributed by atoms with E-state index >= 15 is 0 Å². The van der Waals surface area contributed by atoms with Crippen LogP contribution in [0.15, 0.2) is 40.7 Å². The third kappa shape index (κ3) is 3.65. The van der Waals surface area contributed by atoms with Gasteiger partial charge >= 0.3 is 0 Å². The van der Waals surface area contributed by atoms with Crippen LogP contribution in [0.3, 0.4) is 0 Å². The molecule has 150 valence electrons. The number of fused-ring (bicyclic) bond motifs is 1. The first kappa shape index (κ1) is 18.9. The van der Waals surface area contributed by atoms with Crippen LogP contribution in [0.5, 0.6) is 0 Å². The molecule has 7 nitrogen and oxygen atoms in total. The van der Waals surface area contributed by atoms with E-state index in [1.54, 1.807) is 36.1 Å². The molecule has 4 rings (SSSR count). The van der Waals surface area contributed by atoms with Gasteiger partial charge in [-0.25, -0.2) is 22.7 Å². The molecule has 0 saturated heterocycles. The summed E-state index contributed by atoms with van der Waals surface area (Å²) in [4.78, 5) is 9.09. The minimum Gasteiger partial charge on any atom is -0.363 e. The van der Waals surface area contributed by atoms with E-state index in [4.69, 9.17) is 0 Å². The number of aliphatic imine (C=N–C) groups is 1. The maximum Gasteiger partial charge on any atom is 0.168 e. The van der Waals surface area contributed by atoms with Crippen molar-refractivity contribution in [2.24, 2.45) is 10.1 Å². The van der Waals surface area contributed by atoms with Gasteiger partial charge in [0.15, 0.2) is 23.1 Å². The number of rotatable bonds is 4. The molecule has 1 atom stereocenters. The van der Waals surface area contributed by atoms with Crippen LogP contribution in [0.2, 0.25) is 0 Å². The number of benzene rings is 1. The number of hydrazone groups is 1. The lowest BCUT2D eigenvalue weighted by Crippen LogP contribution is -2.33. The molecule has 0 fully saturated rings. The van der Waals surface area contributed by atoms with Gasteiger partial charge in [-0.3, -0.25) is 10.4 Å². The Morgan fingerprint density at radius 3 is 2.76 bits per heavy atom. The highest BCUT2D eigenvalue weighted by Gasteiger charge is 2.22. The highest BCUT2D eigenvalue weighted by atomic mass is 19.2. The van der Waals surface area contributed by atoms with E-state index in [1.165, 1.54) is 0 Å². The van der Waals surface area contributed by atoms with Crippen LogP contribution in [0, 0.1) is 17.5 Å². The van der Waals surface area contributed by atoms with Crippen LogP contribution in [0.4, 0.5) is 19.0 Å². The first-order valence-electron chi connectivity index (χ1n) is 8.89. The van der Waals surface area contributed by atoms with Crippen molar-refractivity contribution < 1.29 is 13.2 Å². The number of nitrogens with one attached hydrogen (secondary N) is 2. The van der Waals surface area contributed by atoms with Gasteiger partial charge in [-0.2, -0.15) is 10.2 Å². The second-order valence-corrected chi connectivity index (χ2v) is 7.28.